The molecule has 1 aromatic rings. The van der Waals surface area contributed by atoms with E-state index in [0.29, 0.717) is 12.8 Å². The summed E-state index contributed by atoms with van der Waals surface area (Å²) in [6, 6.07) is 0.00925. The molecule has 1 aromatic carbocycles. The van der Waals surface area contributed by atoms with Crippen LogP contribution in [-0.2, 0) is 36.5 Å². The summed E-state index contributed by atoms with van der Waals surface area (Å²) in [6.45, 7) is 7.54. The molecule has 6 atom stereocenters. The molecule has 0 radical (unpaired) electrons. The number of carbonyl (C=O) groups is 5. The lowest BCUT2D eigenvalue weighted by Crippen LogP contribution is -2.65. The minimum atomic E-state index is -4.60. The number of nitrogens with zero attached hydrogens (tertiary/aromatic N) is 2. The van der Waals surface area contributed by atoms with Crippen LogP contribution in [0, 0.1) is 0 Å². The number of rotatable bonds is 10. The van der Waals surface area contributed by atoms with Crippen molar-refractivity contribution in [2.24, 2.45) is 5.73 Å². The molecule has 2 saturated heterocycles. The van der Waals surface area contributed by atoms with Gasteiger partial charge in [0.15, 0.2) is 0 Å². The molecule has 0 aromatic heterocycles. The maximum absolute atomic E-state index is 14.3. The van der Waals surface area contributed by atoms with Crippen LogP contribution in [-0.4, -0.2) is 104 Å². The topological polar surface area (TPSA) is 192 Å². The molecule has 13 nitrogen and oxygen atoms in total. The summed E-state index contributed by atoms with van der Waals surface area (Å²) in [4.78, 5) is 69.0. The van der Waals surface area contributed by atoms with Crippen LogP contribution in [0.2, 0.25) is 0 Å². The van der Waals surface area contributed by atoms with Gasteiger partial charge in [0.2, 0.25) is 23.6 Å². The number of ether oxygens (including phenoxy) is 1. The summed E-state index contributed by atoms with van der Waals surface area (Å²) in [5.41, 5.74) is 2.16. The van der Waals surface area contributed by atoms with Crippen molar-refractivity contribution < 1.29 is 52.1 Å². The first-order valence-corrected chi connectivity index (χ1v) is 15.4. The van der Waals surface area contributed by atoms with Crippen LogP contribution in [0.5, 0.6) is 0 Å². The second-order valence-electron chi connectivity index (χ2n) is 13.1. The van der Waals surface area contributed by atoms with Crippen molar-refractivity contribution in [2.75, 3.05) is 13.1 Å². The molecule has 5 amide bonds. The molecule has 0 aliphatic carbocycles. The van der Waals surface area contributed by atoms with Gasteiger partial charge in [0.05, 0.1) is 17.8 Å². The van der Waals surface area contributed by atoms with Crippen molar-refractivity contribution in [3.63, 3.8) is 0 Å². The lowest BCUT2D eigenvalue weighted by Gasteiger charge is -2.41. The average molecular weight is 672 g/mol. The Morgan fingerprint density at radius 3 is 2.09 bits per heavy atom. The van der Waals surface area contributed by atoms with Crippen LogP contribution in [0.3, 0.4) is 0 Å². The fourth-order valence-corrected chi connectivity index (χ4v) is 6.02. The molecule has 47 heavy (non-hydrogen) atoms. The quantitative estimate of drug-likeness (QED) is 0.245. The van der Waals surface area contributed by atoms with Crippen LogP contribution < -0.4 is 16.4 Å². The molecule has 16 heteroatoms. The van der Waals surface area contributed by atoms with Crippen LogP contribution in [0.1, 0.15) is 71.4 Å². The first kappa shape index (κ1) is 37.5. The van der Waals surface area contributed by atoms with Gasteiger partial charge in [-0.25, -0.2) is 4.79 Å². The highest BCUT2D eigenvalue weighted by molar-refractivity contribution is 5.98. The number of carbonyl (C=O) groups excluding carboxylic acids is 5. The van der Waals surface area contributed by atoms with Crippen LogP contribution in [0.25, 0.3) is 0 Å². The molecule has 2 fully saturated rings. The molecule has 3 rings (SSSR count). The van der Waals surface area contributed by atoms with Crippen molar-refractivity contribution in [1.82, 2.24) is 20.4 Å². The molecule has 2 aliphatic rings. The van der Waals surface area contributed by atoms with Gasteiger partial charge in [0.25, 0.3) is 0 Å². The number of nitrogens with one attached hydrogen (secondary N) is 2. The third-order valence-electron chi connectivity index (χ3n) is 8.27. The van der Waals surface area contributed by atoms with Crippen molar-refractivity contribution >= 4 is 29.7 Å². The zero-order valence-corrected chi connectivity index (χ0v) is 27.1. The maximum Gasteiger partial charge on any atom is 0.416 e. The van der Waals surface area contributed by atoms with Gasteiger partial charge in [0, 0.05) is 19.5 Å². The molecular formula is C31H44F3N5O8. The first-order valence-electron chi connectivity index (χ1n) is 15.4. The summed E-state index contributed by atoms with van der Waals surface area (Å²) in [5, 5.41) is 25.3. The Bertz CT molecular complexity index is 1330. The van der Waals surface area contributed by atoms with E-state index in [9.17, 15) is 47.4 Å². The van der Waals surface area contributed by atoms with Crippen molar-refractivity contribution in [2.45, 2.75) is 114 Å². The van der Waals surface area contributed by atoms with E-state index in [0.717, 1.165) is 12.1 Å². The van der Waals surface area contributed by atoms with Gasteiger partial charge in [0.1, 0.15) is 29.3 Å². The number of aliphatic hydroxyl groups is 2. The monoisotopic (exact) mass is 671 g/mol. The third-order valence-corrected chi connectivity index (χ3v) is 8.27. The number of nitrogens with two attached hydrogens (primary N) is 1. The van der Waals surface area contributed by atoms with E-state index >= 15 is 0 Å². The van der Waals surface area contributed by atoms with E-state index < -0.39 is 82.9 Å². The number of alkyl carbamates (subject to hydrolysis) is 1. The van der Waals surface area contributed by atoms with Gasteiger partial charge < -0.3 is 41.1 Å². The van der Waals surface area contributed by atoms with E-state index in [-0.39, 0.29) is 37.9 Å². The summed E-state index contributed by atoms with van der Waals surface area (Å²) < 4.78 is 45.0. The van der Waals surface area contributed by atoms with E-state index in [1.165, 1.54) is 35.8 Å². The number of amides is 5. The van der Waals surface area contributed by atoms with Gasteiger partial charge in [-0.05, 0) is 78.0 Å². The third kappa shape index (κ3) is 8.91. The van der Waals surface area contributed by atoms with E-state index in [1.54, 1.807) is 20.8 Å². The van der Waals surface area contributed by atoms with E-state index in [4.69, 9.17) is 10.5 Å². The second-order valence-corrected chi connectivity index (χ2v) is 13.1. The predicted octanol–water partition coefficient (Wildman–Crippen LogP) is 1.23. The molecule has 0 spiro atoms. The zero-order valence-electron chi connectivity index (χ0n) is 27.1. The summed E-state index contributed by atoms with van der Waals surface area (Å²) >= 11 is 0. The minimum Gasteiger partial charge on any atom is -0.444 e. The Morgan fingerprint density at radius 1 is 0.979 bits per heavy atom. The van der Waals surface area contributed by atoms with Gasteiger partial charge in [-0.1, -0.05) is 12.1 Å². The minimum absolute atomic E-state index is 0.0390. The summed E-state index contributed by atoms with van der Waals surface area (Å²) in [7, 11) is 0. The first-order chi connectivity index (χ1) is 21.7. The molecule has 6 N–H and O–H groups in total. The Hall–Kier alpha value is -3.92. The highest BCUT2D eigenvalue weighted by Gasteiger charge is 2.53. The van der Waals surface area contributed by atoms with Crippen molar-refractivity contribution in [3.8, 4) is 0 Å². The van der Waals surface area contributed by atoms with E-state index in [1.807, 2.05) is 0 Å². The van der Waals surface area contributed by atoms with E-state index in [2.05, 4.69) is 10.6 Å². The summed E-state index contributed by atoms with van der Waals surface area (Å²) in [5.74, 6) is -3.27. The van der Waals surface area contributed by atoms with Crippen molar-refractivity contribution in [3.05, 3.63) is 35.4 Å². The highest BCUT2D eigenvalue weighted by atomic mass is 19.4. The number of likely N-dealkylation sites (tertiary alicyclic amines) is 2. The number of aliphatic hydroxyl groups excluding tert-OH is 2. The molecule has 0 saturated carbocycles. The number of hydrogen-bond donors (Lipinski definition) is 5. The zero-order chi connectivity index (χ0) is 35.5. The number of halogens is 3. The van der Waals surface area contributed by atoms with Gasteiger partial charge in [-0.2, -0.15) is 13.2 Å². The van der Waals surface area contributed by atoms with Crippen LogP contribution >= 0.6 is 0 Å². The summed E-state index contributed by atoms with van der Waals surface area (Å²) in [6.07, 6.45) is -7.64. The smallest absolute Gasteiger partial charge is 0.416 e. The number of alkyl halides is 3. The molecule has 262 valence electrons. The lowest BCUT2D eigenvalue weighted by atomic mass is 9.85. The van der Waals surface area contributed by atoms with Crippen molar-refractivity contribution in [1.29, 1.82) is 0 Å². The molecule has 0 bridgehead atoms. The Labute approximate surface area is 271 Å². The fourth-order valence-electron chi connectivity index (χ4n) is 6.02. The largest absolute Gasteiger partial charge is 0.444 e. The molecule has 2 heterocycles. The lowest BCUT2D eigenvalue weighted by molar-refractivity contribution is -0.153. The molecular weight excluding hydrogens is 627 g/mol. The molecule has 2 aliphatic heterocycles. The standard InChI is InChI=1S/C31H44F3N5O8/c1-17(40)22(24(35)42)36-27(45)30(16-19-9-11-20(12-10-19)31(32,33)34)13-7-15-39(30)25(43)21-8-6-14-38(21)26(44)23(18(2)41)37-28(46)47-29(3,4)5/h9-12,17-18,21-23,40-41H,6-8,13-16H2,1-5H3,(H2,35,42)(H,36,45)(H,37,46)/t17-,18-,21+,22+,23+,30?/m1/s1. The Balaban J connectivity index is 1.97. The second kappa shape index (κ2) is 14.5. The number of hydrogen-bond acceptors (Lipinski definition) is 8. The Morgan fingerprint density at radius 2 is 1.57 bits per heavy atom. The highest BCUT2D eigenvalue weighted by Crippen LogP contribution is 2.37. The van der Waals surface area contributed by atoms with Crippen LogP contribution in [0.15, 0.2) is 24.3 Å². The predicted molar refractivity (Wildman–Crippen MR) is 161 cm³/mol. The van der Waals surface area contributed by atoms with Gasteiger partial charge in [-0.15, -0.1) is 0 Å². The number of benzene rings is 1. The fraction of sp³-hybridized carbons (Fsp3) is 0.645. The Kier molecular flexibility index (Phi) is 11.5. The average Bonchev–Trinajstić information content (AvgIpc) is 3.60. The maximum atomic E-state index is 14.3. The van der Waals surface area contributed by atoms with Gasteiger partial charge >= 0.3 is 12.3 Å². The number of primary amides is 1. The SMILES string of the molecule is C[C@@H](O)[C@H](NC(=O)C1(Cc2ccc(C(F)(F)F)cc2)CCCN1C(=O)[C@@H]1CCCN1C(=O)[C@@H](NC(=O)OC(C)(C)C)[C@@H](C)O)C(N)=O. The molecule has 1 unspecified atom stereocenters. The van der Waals surface area contributed by atoms with Crippen LogP contribution in [0.4, 0.5) is 18.0 Å². The van der Waals surface area contributed by atoms with Gasteiger partial charge in [-0.3, -0.25) is 19.2 Å². The normalized spacial score (nSPS) is 22.6.